The van der Waals surface area contributed by atoms with Crippen molar-refractivity contribution < 1.29 is 4.42 Å². The Morgan fingerprint density at radius 3 is 1.81 bits per heavy atom. The lowest BCUT2D eigenvalue weighted by molar-refractivity contribution is 0.665. The van der Waals surface area contributed by atoms with Gasteiger partial charge in [-0.15, -0.1) is 0 Å². The lowest BCUT2D eigenvalue weighted by Crippen LogP contribution is -2.27. The van der Waals surface area contributed by atoms with Crippen molar-refractivity contribution in [2.45, 2.75) is 6.04 Å². The Kier molecular flexibility index (Phi) is 7.26. The molecule has 1 N–H and O–H groups in total. The van der Waals surface area contributed by atoms with E-state index < -0.39 is 0 Å². The number of rotatable bonds is 5. The van der Waals surface area contributed by atoms with Crippen LogP contribution in [0.4, 0.5) is 0 Å². The topological polar surface area (TPSA) is 43.0 Å². The molecule has 58 heavy (non-hydrogen) atoms. The molecule has 0 bridgehead atoms. The van der Waals surface area contributed by atoms with Gasteiger partial charge in [-0.1, -0.05) is 158 Å². The fraction of sp³-hybridized carbons (Fsp3) is 0.0185. The van der Waals surface area contributed by atoms with Gasteiger partial charge in [0.15, 0.2) is 5.58 Å². The highest BCUT2D eigenvalue weighted by molar-refractivity contribution is 6.14. The molecule has 4 nitrogen and oxygen atoms in total. The van der Waals surface area contributed by atoms with Crippen LogP contribution in [-0.2, 0) is 0 Å². The predicted octanol–water partition coefficient (Wildman–Crippen LogP) is 13.7. The molecule has 10 aromatic rings. The molecule has 1 aliphatic heterocycles. The van der Waals surface area contributed by atoms with Crippen molar-refractivity contribution in [1.29, 1.82) is 0 Å². The zero-order valence-electron chi connectivity index (χ0n) is 31.4. The van der Waals surface area contributed by atoms with Crippen molar-refractivity contribution in [2.75, 3.05) is 0 Å². The zero-order chi connectivity index (χ0) is 38.2. The SMILES string of the molecule is C1=Cc2ccc(-c3ccccc3)nc2C2NC(c3ccc4c(c3)oc3c(-n5c6cc(-c7ccccc7)ccc6c6ccc(-c7ccccc7)cc65)cccc34)=CC=C12. The second-order valence-corrected chi connectivity index (χ2v) is 15.2. The first-order chi connectivity index (χ1) is 28.7. The fourth-order valence-corrected chi connectivity index (χ4v) is 8.96. The highest BCUT2D eigenvalue weighted by Crippen LogP contribution is 2.42. The monoisotopic (exact) mass is 741 g/mol. The number of fused-ring (bicyclic) bond motifs is 9. The minimum Gasteiger partial charge on any atom is -0.454 e. The molecule has 0 spiro atoms. The Morgan fingerprint density at radius 2 is 1.12 bits per heavy atom. The summed E-state index contributed by atoms with van der Waals surface area (Å²) in [6, 6.07) is 62.6. The van der Waals surface area contributed by atoms with Crippen LogP contribution in [0.1, 0.15) is 22.9 Å². The molecule has 4 heteroatoms. The molecular formula is C54H35N3O. The number of hydrogen-bond donors (Lipinski definition) is 1. The average molecular weight is 742 g/mol. The van der Waals surface area contributed by atoms with Crippen molar-refractivity contribution in [1.82, 2.24) is 14.9 Å². The van der Waals surface area contributed by atoms with Gasteiger partial charge in [0.25, 0.3) is 0 Å². The van der Waals surface area contributed by atoms with Crippen molar-refractivity contribution in [3.63, 3.8) is 0 Å². The normalized spacial score (nSPS) is 14.7. The third kappa shape index (κ3) is 5.19. The number of hydrogen-bond acceptors (Lipinski definition) is 3. The van der Waals surface area contributed by atoms with E-state index in [1.54, 1.807) is 0 Å². The zero-order valence-corrected chi connectivity index (χ0v) is 31.4. The van der Waals surface area contributed by atoms with Crippen LogP contribution in [-0.4, -0.2) is 9.55 Å². The number of nitrogens with zero attached hydrogens (tertiary/aromatic N) is 2. The van der Waals surface area contributed by atoms with Gasteiger partial charge in [-0.05, 0) is 75.9 Å². The highest BCUT2D eigenvalue weighted by atomic mass is 16.3. The molecule has 1 atom stereocenters. The number of furan rings is 1. The van der Waals surface area contributed by atoms with E-state index >= 15 is 0 Å². The third-order valence-electron chi connectivity index (χ3n) is 11.8. The van der Waals surface area contributed by atoms with E-state index in [1.165, 1.54) is 38.6 Å². The first kappa shape index (κ1) is 32.5. The maximum Gasteiger partial charge on any atom is 0.159 e. The van der Waals surface area contributed by atoms with Gasteiger partial charge in [-0.25, -0.2) is 4.98 Å². The number of para-hydroxylation sites is 1. The van der Waals surface area contributed by atoms with Gasteiger partial charge in [0.05, 0.1) is 34.2 Å². The highest BCUT2D eigenvalue weighted by Gasteiger charge is 2.27. The van der Waals surface area contributed by atoms with Gasteiger partial charge in [0.2, 0.25) is 0 Å². The van der Waals surface area contributed by atoms with Gasteiger partial charge in [-0.3, -0.25) is 0 Å². The quantitative estimate of drug-likeness (QED) is 0.191. The molecule has 1 unspecified atom stereocenters. The van der Waals surface area contributed by atoms with Crippen LogP contribution in [0, 0.1) is 0 Å². The molecule has 2 aliphatic rings. The summed E-state index contributed by atoms with van der Waals surface area (Å²) in [7, 11) is 0. The Balaban J connectivity index is 0.992. The molecular weight excluding hydrogens is 707 g/mol. The molecule has 12 rings (SSSR count). The largest absolute Gasteiger partial charge is 0.454 e. The van der Waals surface area contributed by atoms with Crippen LogP contribution in [0.2, 0.25) is 0 Å². The number of allylic oxidation sites excluding steroid dienone is 2. The number of dihydropyridines is 1. The van der Waals surface area contributed by atoms with Crippen LogP contribution < -0.4 is 5.32 Å². The second-order valence-electron chi connectivity index (χ2n) is 15.2. The van der Waals surface area contributed by atoms with Crippen molar-refractivity contribution in [2.24, 2.45) is 0 Å². The summed E-state index contributed by atoms with van der Waals surface area (Å²) < 4.78 is 9.38. The van der Waals surface area contributed by atoms with Crippen molar-refractivity contribution in [3.8, 4) is 39.2 Å². The number of aromatic nitrogens is 2. The molecule has 0 fully saturated rings. The molecule has 0 saturated heterocycles. The van der Waals surface area contributed by atoms with Crippen molar-refractivity contribution >= 4 is 55.5 Å². The number of pyridine rings is 1. The maximum atomic E-state index is 6.98. The van der Waals surface area contributed by atoms with Crippen LogP contribution in [0.3, 0.4) is 0 Å². The number of benzene rings is 7. The summed E-state index contributed by atoms with van der Waals surface area (Å²) in [6.07, 6.45) is 8.75. The summed E-state index contributed by atoms with van der Waals surface area (Å²) in [4.78, 5) is 5.19. The summed E-state index contributed by atoms with van der Waals surface area (Å²) in [5, 5.41) is 8.44. The Labute approximate surface area is 335 Å². The molecule has 1 aliphatic carbocycles. The minimum absolute atomic E-state index is 0.0570. The minimum atomic E-state index is -0.0570. The standard InChI is InChI=1S/C54H35N3O/c1-4-11-34(12-5-1)39-21-26-42-43-27-22-40(35-13-6-2-7-14-35)32-50(43)57(49(42)31-39)48-18-10-17-45-44-28-23-41(33-51(44)58-54(45)48)47-30-25-38-20-19-37-24-29-46(36-15-8-3-9-16-36)55-52(37)53(38)56-47/h1-33,53,56H. The van der Waals surface area contributed by atoms with E-state index in [4.69, 9.17) is 9.40 Å². The number of nitrogens with one attached hydrogen (secondary N) is 1. The third-order valence-corrected chi connectivity index (χ3v) is 11.8. The first-order valence-electron chi connectivity index (χ1n) is 19.8. The molecule has 4 heterocycles. The van der Waals surface area contributed by atoms with Gasteiger partial charge < -0.3 is 14.3 Å². The smallest absolute Gasteiger partial charge is 0.159 e. The summed E-state index contributed by atoms with van der Waals surface area (Å²) in [6.45, 7) is 0. The summed E-state index contributed by atoms with van der Waals surface area (Å²) in [5.74, 6) is 0. The predicted molar refractivity (Wildman–Crippen MR) is 240 cm³/mol. The summed E-state index contributed by atoms with van der Waals surface area (Å²) in [5.41, 5.74) is 17.3. The van der Waals surface area contributed by atoms with E-state index in [0.717, 1.165) is 72.4 Å². The van der Waals surface area contributed by atoms with E-state index in [-0.39, 0.29) is 6.04 Å². The van der Waals surface area contributed by atoms with E-state index in [0.29, 0.717) is 0 Å². The van der Waals surface area contributed by atoms with E-state index in [1.807, 2.05) is 6.07 Å². The van der Waals surface area contributed by atoms with Gasteiger partial charge in [-0.2, -0.15) is 0 Å². The molecule has 272 valence electrons. The van der Waals surface area contributed by atoms with Crippen LogP contribution in [0.15, 0.2) is 204 Å². The van der Waals surface area contributed by atoms with Gasteiger partial charge in [0, 0.05) is 38.4 Å². The van der Waals surface area contributed by atoms with Crippen LogP contribution in [0.25, 0.3) is 94.7 Å². The maximum absolute atomic E-state index is 6.98. The van der Waals surface area contributed by atoms with Gasteiger partial charge >= 0.3 is 0 Å². The Hall–Kier alpha value is -7.69. The van der Waals surface area contributed by atoms with E-state index in [9.17, 15) is 0 Å². The first-order valence-corrected chi connectivity index (χ1v) is 19.8. The molecule has 7 aromatic carbocycles. The molecule has 0 radical (unpaired) electrons. The molecule has 0 saturated carbocycles. The van der Waals surface area contributed by atoms with Crippen LogP contribution >= 0.6 is 0 Å². The fourth-order valence-electron chi connectivity index (χ4n) is 8.96. The Bertz CT molecular complexity index is 3250. The lowest BCUT2D eigenvalue weighted by Gasteiger charge is -2.30. The van der Waals surface area contributed by atoms with Crippen molar-refractivity contribution in [3.05, 3.63) is 217 Å². The lowest BCUT2D eigenvalue weighted by atomic mass is 9.89. The second kappa shape index (κ2) is 12.9. The Morgan fingerprint density at radius 1 is 0.483 bits per heavy atom. The van der Waals surface area contributed by atoms with E-state index in [2.05, 4.69) is 204 Å². The molecule has 3 aromatic heterocycles. The van der Waals surface area contributed by atoms with Crippen LogP contribution in [0.5, 0.6) is 0 Å². The van der Waals surface area contributed by atoms with Gasteiger partial charge in [0.1, 0.15) is 5.58 Å². The average Bonchev–Trinajstić information content (AvgIpc) is 3.84. The summed E-state index contributed by atoms with van der Waals surface area (Å²) >= 11 is 0. The molecule has 0 amide bonds.